The van der Waals surface area contributed by atoms with Crippen molar-refractivity contribution in [3.8, 4) is 100 Å². The number of hydrogen-bond donors (Lipinski definition) is 0. The Labute approximate surface area is 385 Å². The topological polar surface area (TPSA) is 0 Å². The van der Waals surface area contributed by atoms with Crippen LogP contribution in [-0.4, -0.2) is 0 Å². The van der Waals surface area contributed by atoms with Crippen molar-refractivity contribution >= 4 is 43.1 Å². The molecule has 0 N–H and O–H groups in total. The highest BCUT2D eigenvalue weighted by Crippen LogP contribution is 2.61. The Hall–Kier alpha value is -8.32. The fourth-order valence-corrected chi connectivity index (χ4v) is 11.7. The molecule has 0 radical (unpaired) electrons. The Bertz CT molecular complexity index is 3460. The molecule has 0 saturated carbocycles. The molecule has 0 atom stereocenters. The average molecular weight is 837 g/mol. The van der Waals surface area contributed by atoms with E-state index in [0.29, 0.717) is 0 Å². The molecule has 2 aliphatic carbocycles. The minimum Gasteiger partial charge on any atom is -0.0683 e. The molecule has 14 rings (SSSR count). The van der Waals surface area contributed by atoms with Crippen molar-refractivity contribution in [3.63, 3.8) is 0 Å². The maximum atomic E-state index is 2.43. The van der Waals surface area contributed by atoms with Gasteiger partial charge in [0.2, 0.25) is 0 Å². The molecule has 0 heterocycles. The third kappa shape index (κ3) is 5.39. The molecule has 0 heteroatoms. The van der Waals surface area contributed by atoms with E-state index in [1.165, 1.54) is 143 Å². The van der Waals surface area contributed by atoms with Gasteiger partial charge in [-0.1, -0.05) is 244 Å². The summed E-state index contributed by atoms with van der Waals surface area (Å²) in [6, 6.07) is 85.8. The lowest BCUT2D eigenvalue weighted by Gasteiger charge is -2.20. The molecule has 308 valence electrons. The normalized spacial score (nSPS) is 11.8. The van der Waals surface area contributed by atoms with Crippen molar-refractivity contribution in [2.75, 3.05) is 0 Å². The summed E-state index contributed by atoms with van der Waals surface area (Å²) in [6.07, 6.45) is 0. The van der Waals surface area contributed by atoms with Gasteiger partial charge in [-0.3, -0.25) is 0 Å². The van der Waals surface area contributed by atoms with Gasteiger partial charge < -0.3 is 0 Å². The second kappa shape index (κ2) is 15.2. The van der Waals surface area contributed by atoms with Gasteiger partial charge in [-0.05, 0) is 143 Å². The summed E-state index contributed by atoms with van der Waals surface area (Å²) in [4.78, 5) is 0. The number of rotatable bonds is 5. The van der Waals surface area contributed by atoms with Gasteiger partial charge in [0.1, 0.15) is 0 Å². The van der Waals surface area contributed by atoms with E-state index in [-0.39, 0.29) is 0 Å². The molecule has 0 amide bonds. The minimum atomic E-state index is 1.24. The molecule has 0 saturated heterocycles. The van der Waals surface area contributed by atoms with E-state index in [0.717, 1.165) is 0 Å². The predicted octanol–water partition coefficient (Wildman–Crippen LogP) is 19.0. The predicted molar refractivity (Wildman–Crippen MR) is 284 cm³/mol. The molecule has 0 bridgehead atoms. The van der Waals surface area contributed by atoms with Crippen LogP contribution >= 0.6 is 0 Å². The van der Waals surface area contributed by atoms with E-state index in [4.69, 9.17) is 0 Å². The highest BCUT2D eigenvalue weighted by molar-refractivity contribution is 6.32. The number of fused-ring (bicyclic) bond motifs is 8. The van der Waals surface area contributed by atoms with Crippen LogP contribution in [0.2, 0.25) is 0 Å². The summed E-state index contributed by atoms with van der Waals surface area (Å²) in [7, 11) is 0. The standard InChI is InChI=1S/C64H38.C2H6/c1-5-19-39(20-6-1)55-47-27-13-15-29-49(47)57(41-23-9-3-10-24-41)63-53-37-35-43(45-31-17-33-51(59(45)53)61(55)63)44-36-38-54-60-46(44)32-18-34-52(60)62-56(40-21-7-2-8-22-40)48-28-14-16-30-50(48)58(64(54)62)42-25-11-4-12-26-42;1-2/h1-38H;1-2H3. The van der Waals surface area contributed by atoms with E-state index in [2.05, 4.69) is 231 Å². The zero-order chi connectivity index (χ0) is 43.9. The van der Waals surface area contributed by atoms with Gasteiger partial charge in [-0.25, -0.2) is 0 Å². The lowest BCUT2D eigenvalue weighted by Crippen LogP contribution is -1.93. The fraction of sp³-hybridized carbons (Fsp3) is 0.0303. The summed E-state index contributed by atoms with van der Waals surface area (Å²) < 4.78 is 0. The largest absolute Gasteiger partial charge is 0.0683 e. The molecule has 66 heavy (non-hydrogen) atoms. The molecular weight excluding hydrogens is 793 g/mol. The highest BCUT2D eigenvalue weighted by Gasteiger charge is 2.34. The molecular formula is C66H44. The van der Waals surface area contributed by atoms with Crippen LogP contribution in [0.25, 0.3) is 143 Å². The zero-order valence-electron chi connectivity index (χ0n) is 36.9. The van der Waals surface area contributed by atoms with E-state index in [1.807, 2.05) is 13.8 Å². The fourth-order valence-electron chi connectivity index (χ4n) is 11.7. The van der Waals surface area contributed by atoms with E-state index < -0.39 is 0 Å². The summed E-state index contributed by atoms with van der Waals surface area (Å²) in [6.45, 7) is 4.00. The van der Waals surface area contributed by atoms with Crippen LogP contribution in [0.4, 0.5) is 0 Å². The first-order valence-electron chi connectivity index (χ1n) is 23.4. The molecule has 0 spiro atoms. The van der Waals surface area contributed by atoms with E-state index in [9.17, 15) is 0 Å². The Morgan fingerprint density at radius 1 is 0.167 bits per heavy atom. The van der Waals surface area contributed by atoms with E-state index in [1.54, 1.807) is 0 Å². The van der Waals surface area contributed by atoms with Gasteiger partial charge in [-0.15, -0.1) is 0 Å². The smallest absolute Gasteiger partial charge is 0.000741 e. The summed E-state index contributed by atoms with van der Waals surface area (Å²) in [5.41, 5.74) is 23.2. The third-order valence-electron chi connectivity index (χ3n) is 14.1. The second-order valence-corrected chi connectivity index (χ2v) is 17.3. The minimum absolute atomic E-state index is 1.24. The lowest BCUT2D eigenvalue weighted by molar-refractivity contribution is 1.50. The zero-order valence-corrected chi connectivity index (χ0v) is 36.9. The average Bonchev–Trinajstić information content (AvgIpc) is 3.90. The lowest BCUT2D eigenvalue weighted by atomic mass is 9.82. The van der Waals surface area contributed by atoms with Gasteiger partial charge in [0.25, 0.3) is 0 Å². The van der Waals surface area contributed by atoms with Gasteiger partial charge in [0, 0.05) is 0 Å². The maximum Gasteiger partial charge on any atom is -0.000741 e. The monoisotopic (exact) mass is 836 g/mol. The number of hydrogen-bond acceptors (Lipinski definition) is 0. The first-order valence-corrected chi connectivity index (χ1v) is 23.4. The molecule has 0 nitrogen and oxygen atoms in total. The van der Waals surface area contributed by atoms with Crippen LogP contribution in [0, 0.1) is 0 Å². The van der Waals surface area contributed by atoms with Crippen molar-refractivity contribution in [2.24, 2.45) is 0 Å². The molecule has 2 aliphatic rings. The molecule has 0 fully saturated rings. The second-order valence-electron chi connectivity index (χ2n) is 17.3. The summed E-state index contributed by atoms with van der Waals surface area (Å²) in [5, 5.41) is 10.3. The Balaban J connectivity index is 0.00000215. The van der Waals surface area contributed by atoms with Gasteiger partial charge in [0.05, 0.1) is 0 Å². The third-order valence-corrected chi connectivity index (χ3v) is 14.1. The maximum absolute atomic E-state index is 2.43. The first kappa shape index (κ1) is 38.2. The van der Waals surface area contributed by atoms with Crippen LogP contribution in [0.15, 0.2) is 231 Å². The Kier molecular flexibility index (Phi) is 8.76. The molecule has 0 unspecified atom stereocenters. The molecule has 0 aromatic heterocycles. The molecule has 0 aliphatic heterocycles. The van der Waals surface area contributed by atoms with Gasteiger partial charge in [-0.2, -0.15) is 0 Å². The van der Waals surface area contributed by atoms with Crippen LogP contribution in [0.3, 0.4) is 0 Å². The quantitative estimate of drug-likeness (QED) is 0.162. The summed E-state index contributed by atoms with van der Waals surface area (Å²) in [5.74, 6) is 0. The summed E-state index contributed by atoms with van der Waals surface area (Å²) >= 11 is 0. The van der Waals surface area contributed by atoms with E-state index >= 15 is 0 Å². The van der Waals surface area contributed by atoms with Crippen molar-refractivity contribution in [1.29, 1.82) is 0 Å². The van der Waals surface area contributed by atoms with Gasteiger partial charge in [0.15, 0.2) is 0 Å². The van der Waals surface area contributed by atoms with Crippen molar-refractivity contribution in [3.05, 3.63) is 231 Å². The van der Waals surface area contributed by atoms with Crippen molar-refractivity contribution < 1.29 is 0 Å². The van der Waals surface area contributed by atoms with Crippen LogP contribution in [-0.2, 0) is 0 Å². The molecule has 12 aromatic carbocycles. The van der Waals surface area contributed by atoms with Crippen LogP contribution < -0.4 is 0 Å². The van der Waals surface area contributed by atoms with Crippen LogP contribution in [0.1, 0.15) is 13.8 Å². The first-order chi connectivity index (χ1) is 32.8. The Morgan fingerprint density at radius 2 is 0.394 bits per heavy atom. The van der Waals surface area contributed by atoms with Crippen molar-refractivity contribution in [1.82, 2.24) is 0 Å². The Morgan fingerprint density at radius 3 is 0.682 bits per heavy atom. The van der Waals surface area contributed by atoms with Crippen molar-refractivity contribution in [2.45, 2.75) is 13.8 Å². The van der Waals surface area contributed by atoms with Crippen LogP contribution in [0.5, 0.6) is 0 Å². The highest BCUT2D eigenvalue weighted by atomic mass is 14.4. The SMILES string of the molecule is CC.c1ccc(-c2c3c(c(-c4ccccc4)c4ccccc24)-c2ccc(-c4ccc5c6c(cccc46)-c4c-5c(-c5ccccc5)c5ccccc5c4-c4ccccc4)c4cccc-3c24)cc1. The molecule has 12 aromatic rings. The number of benzene rings is 12. The van der Waals surface area contributed by atoms with Gasteiger partial charge >= 0.3 is 0 Å².